The highest BCUT2D eigenvalue weighted by molar-refractivity contribution is 5.83. The van der Waals surface area contributed by atoms with Crippen LogP contribution < -0.4 is 10.5 Å². The molecule has 1 heterocycles. The Morgan fingerprint density at radius 3 is 2.71 bits per heavy atom. The van der Waals surface area contributed by atoms with Crippen molar-refractivity contribution in [2.45, 2.75) is 27.3 Å². The number of hydrogen-bond donors (Lipinski definition) is 1. The molecule has 4 nitrogen and oxygen atoms in total. The minimum Gasteiger partial charge on any atom is -0.495 e. The number of nitrogens with two attached hydrogens (primary N) is 1. The first-order chi connectivity index (χ1) is 8.02. The van der Waals surface area contributed by atoms with E-state index in [4.69, 9.17) is 10.5 Å². The first kappa shape index (κ1) is 11.8. The van der Waals surface area contributed by atoms with Crippen LogP contribution in [0.25, 0.3) is 11.0 Å². The van der Waals surface area contributed by atoms with Crippen LogP contribution in [0.1, 0.15) is 19.7 Å². The lowest BCUT2D eigenvalue weighted by Gasteiger charge is -2.10. The number of ether oxygens (including phenoxy) is 1. The molecule has 0 saturated carbocycles. The summed E-state index contributed by atoms with van der Waals surface area (Å²) in [5.74, 6) is 2.28. The lowest BCUT2D eigenvalue weighted by Crippen LogP contribution is -2.06. The number of nitrogens with zero attached hydrogens (tertiary/aromatic N) is 2. The van der Waals surface area contributed by atoms with Crippen molar-refractivity contribution in [1.82, 2.24) is 9.55 Å². The molecular weight excluding hydrogens is 214 g/mol. The van der Waals surface area contributed by atoms with E-state index in [1.807, 2.05) is 19.1 Å². The largest absolute Gasteiger partial charge is 0.495 e. The predicted molar refractivity (Wildman–Crippen MR) is 70.3 cm³/mol. The zero-order chi connectivity index (χ0) is 12.6. The summed E-state index contributed by atoms with van der Waals surface area (Å²) in [6.07, 6.45) is 0. The van der Waals surface area contributed by atoms with Gasteiger partial charge in [-0.25, -0.2) is 4.98 Å². The van der Waals surface area contributed by atoms with Gasteiger partial charge in [0.25, 0.3) is 0 Å². The molecule has 2 rings (SSSR count). The lowest BCUT2D eigenvalue weighted by atomic mass is 10.2. The van der Waals surface area contributed by atoms with Crippen molar-refractivity contribution in [3.8, 4) is 5.75 Å². The molecule has 0 amide bonds. The Balaban J connectivity index is 2.61. The topological polar surface area (TPSA) is 53.1 Å². The number of nitrogen functional groups attached to an aromatic ring is 1. The van der Waals surface area contributed by atoms with Gasteiger partial charge in [-0.1, -0.05) is 13.8 Å². The fourth-order valence-corrected chi connectivity index (χ4v) is 2.06. The van der Waals surface area contributed by atoms with Crippen molar-refractivity contribution < 1.29 is 4.74 Å². The number of hydrogen-bond acceptors (Lipinski definition) is 3. The predicted octanol–water partition coefficient (Wildman–Crippen LogP) is 2.59. The smallest absolute Gasteiger partial charge is 0.144 e. The number of imidazole rings is 1. The Morgan fingerprint density at radius 2 is 2.12 bits per heavy atom. The molecule has 92 valence electrons. The molecule has 1 aromatic carbocycles. The minimum absolute atomic E-state index is 0.578. The summed E-state index contributed by atoms with van der Waals surface area (Å²) in [4.78, 5) is 4.54. The Bertz CT molecular complexity index is 543. The fourth-order valence-electron chi connectivity index (χ4n) is 2.06. The fraction of sp³-hybridized carbons (Fsp3) is 0.462. The number of aromatic nitrogens is 2. The first-order valence-electron chi connectivity index (χ1n) is 5.83. The van der Waals surface area contributed by atoms with Crippen LogP contribution in [-0.4, -0.2) is 16.7 Å². The maximum atomic E-state index is 5.94. The van der Waals surface area contributed by atoms with Crippen LogP contribution >= 0.6 is 0 Å². The van der Waals surface area contributed by atoms with Gasteiger partial charge >= 0.3 is 0 Å². The summed E-state index contributed by atoms with van der Waals surface area (Å²) in [5, 5.41) is 0. The molecular formula is C13H19N3O. The third-order valence-corrected chi connectivity index (χ3v) is 2.84. The Hall–Kier alpha value is -1.71. The maximum absolute atomic E-state index is 5.94. The number of aryl methyl sites for hydroxylation is 1. The molecule has 0 fully saturated rings. The van der Waals surface area contributed by atoms with Crippen molar-refractivity contribution in [3.63, 3.8) is 0 Å². The standard InChI is InChI=1S/C13H19N3O/c1-8(2)7-16-9(3)15-11-6-13(17-4)10(14)5-12(11)16/h5-6,8H,7,14H2,1-4H3. The summed E-state index contributed by atoms with van der Waals surface area (Å²) in [5.41, 5.74) is 8.61. The van der Waals surface area contributed by atoms with E-state index in [2.05, 4.69) is 23.4 Å². The Labute approximate surface area is 101 Å². The van der Waals surface area contributed by atoms with E-state index in [1.54, 1.807) is 7.11 Å². The molecule has 0 unspecified atom stereocenters. The van der Waals surface area contributed by atoms with Crippen LogP contribution in [0.5, 0.6) is 5.75 Å². The van der Waals surface area contributed by atoms with Gasteiger partial charge < -0.3 is 15.0 Å². The molecule has 0 radical (unpaired) electrons. The molecule has 0 spiro atoms. The second-order valence-corrected chi connectivity index (χ2v) is 4.75. The monoisotopic (exact) mass is 233 g/mol. The third-order valence-electron chi connectivity index (χ3n) is 2.84. The summed E-state index contributed by atoms with van der Waals surface area (Å²) in [7, 11) is 1.62. The van der Waals surface area contributed by atoms with E-state index >= 15 is 0 Å². The van der Waals surface area contributed by atoms with Crippen LogP contribution in [0.2, 0.25) is 0 Å². The van der Waals surface area contributed by atoms with Crippen molar-refractivity contribution >= 4 is 16.7 Å². The molecule has 2 aromatic rings. The van der Waals surface area contributed by atoms with Gasteiger partial charge in [0.15, 0.2) is 0 Å². The number of benzene rings is 1. The maximum Gasteiger partial charge on any atom is 0.144 e. The summed E-state index contributed by atoms with van der Waals surface area (Å²) in [6.45, 7) is 7.36. The van der Waals surface area contributed by atoms with Crippen LogP contribution in [0.3, 0.4) is 0 Å². The van der Waals surface area contributed by atoms with Gasteiger partial charge in [-0.15, -0.1) is 0 Å². The number of methoxy groups -OCH3 is 1. The second kappa shape index (κ2) is 4.28. The van der Waals surface area contributed by atoms with Crippen LogP contribution in [0, 0.1) is 12.8 Å². The van der Waals surface area contributed by atoms with Crippen LogP contribution in [0.15, 0.2) is 12.1 Å². The average Bonchev–Trinajstić information content (AvgIpc) is 2.54. The van der Waals surface area contributed by atoms with Gasteiger partial charge in [0.05, 0.1) is 23.8 Å². The zero-order valence-electron chi connectivity index (χ0n) is 10.8. The van der Waals surface area contributed by atoms with Gasteiger partial charge in [-0.3, -0.25) is 0 Å². The number of rotatable bonds is 3. The molecule has 4 heteroatoms. The van der Waals surface area contributed by atoms with Gasteiger partial charge in [-0.2, -0.15) is 0 Å². The molecule has 0 atom stereocenters. The second-order valence-electron chi connectivity index (χ2n) is 4.75. The molecule has 0 aliphatic rings. The Morgan fingerprint density at radius 1 is 1.41 bits per heavy atom. The van der Waals surface area contributed by atoms with Crippen LogP contribution in [0.4, 0.5) is 5.69 Å². The molecule has 0 aliphatic heterocycles. The van der Waals surface area contributed by atoms with E-state index in [1.165, 1.54) is 0 Å². The minimum atomic E-state index is 0.578. The van der Waals surface area contributed by atoms with Gasteiger partial charge in [0, 0.05) is 12.6 Å². The normalized spacial score (nSPS) is 11.4. The highest BCUT2D eigenvalue weighted by Crippen LogP contribution is 2.28. The summed E-state index contributed by atoms with van der Waals surface area (Å²) >= 11 is 0. The molecule has 1 aromatic heterocycles. The molecule has 0 saturated heterocycles. The highest BCUT2D eigenvalue weighted by Gasteiger charge is 2.11. The number of fused-ring (bicyclic) bond motifs is 1. The summed E-state index contributed by atoms with van der Waals surface area (Å²) in [6, 6.07) is 3.84. The zero-order valence-corrected chi connectivity index (χ0v) is 10.8. The SMILES string of the molecule is COc1cc2nc(C)n(CC(C)C)c2cc1N. The summed E-state index contributed by atoms with van der Waals surface area (Å²) < 4.78 is 7.41. The van der Waals surface area contributed by atoms with E-state index in [0.29, 0.717) is 17.4 Å². The highest BCUT2D eigenvalue weighted by atomic mass is 16.5. The number of anilines is 1. The van der Waals surface area contributed by atoms with E-state index in [-0.39, 0.29) is 0 Å². The van der Waals surface area contributed by atoms with E-state index in [0.717, 1.165) is 23.4 Å². The van der Waals surface area contributed by atoms with Gasteiger partial charge in [-0.05, 0) is 18.9 Å². The van der Waals surface area contributed by atoms with Crippen molar-refractivity contribution in [2.24, 2.45) is 5.92 Å². The first-order valence-corrected chi connectivity index (χ1v) is 5.83. The van der Waals surface area contributed by atoms with Crippen LogP contribution in [-0.2, 0) is 6.54 Å². The molecule has 2 N–H and O–H groups in total. The Kier molecular flexibility index (Phi) is 2.96. The van der Waals surface area contributed by atoms with Crippen molar-refractivity contribution in [3.05, 3.63) is 18.0 Å². The quantitative estimate of drug-likeness (QED) is 0.829. The van der Waals surface area contributed by atoms with Gasteiger partial charge in [0.1, 0.15) is 11.6 Å². The van der Waals surface area contributed by atoms with E-state index < -0.39 is 0 Å². The van der Waals surface area contributed by atoms with Crippen molar-refractivity contribution in [1.29, 1.82) is 0 Å². The van der Waals surface area contributed by atoms with Gasteiger partial charge in [0.2, 0.25) is 0 Å². The van der Waals surface area contributed by atoms with E-state index in [9.17, 15) is 0 Å². The van der Waals surface area contributed by atoms with Crippen molar-refractivity contribution in [2.75, 3.05) is 12.8 Å². The molecule has 17 heavy (non-hydrogen) atoms. The average molecular weight is 233 g/mol. The third kappa shape index (κ3) is 2.07. The molecule has 0 bridgehead atoms. The lowest BCUT2D eigenvalue weighted by molar-refractivity contribution is 0.417. The molecule has 0 aliphatic carbocycles.